The molecule has 0 saturated heterocycles. The van der Waals surface area contributed by atoms with Crippen molar-refractivity contribution in [2.24, 2.45) is 0 Å². The molecule has 170 valence electrons. The van der Waals surface area contributed by atoms with E-state index in [2.05, 4.69) is 41.9 Å². The summed E-state index contributed by atoms with van der Waals surface area (Å²) in [5.41, 5.74) is 4.96. The monoisotopic (exact) mass is 441 g/mol. The fourth-order valence-corrected chi connectivity index (χ4v) is 4.05. The number of benzene rings is 3. The van der Waals surface area contributed by atoms with Gasteiger partial charge in [-0.15, -0.1) is 0 Å². The van der Waals surface area contributed by atoms with Crippen molar-refractivity contribution in [3.8, 4) is 5.75 Å². The molecule has 0 spiro atoms. The molecule has 1 heterocycles. The molecule has 5 nitrogen and oxygen atoms in total. The van der Waals surface area contributed by atoms with Gasteiger partial charge in [0.05, 0.1) is 24.2 Å². The van der Waals surface area contributed by atoms with Crippen molar-refractivity contribution in [3.63, 3.8) is 0 Å². The molecule has 0 atom stereocenters. The van der Waals surface area contributed by atoms with Gasteiger partial charge in [-0.25, -0.2) is 4.98 Å². The Kier molecular flexibility index (Phi) is 7.08. The Balaban J connectivity index is 1.44. The summed E-state index contributed by atoms with van der Waals surface area (Å²) >= 11 is 0. The fraction of sp³-hybridized carbons (Fsp3) is 0.286. The molecule has 0 aliphatic heterocycles. The van der Waals surface area contributed by atoms with Crippen molar-refractivity contribution in [1.82, 2.24) is 14.9 Å². The van der Waals surface area contributed by atoms with E-state index >= 15 is 0 Å². The zero-order valence-electron chi connectivity index (χ0n) is 19.5. The summed E-state index contributed by atoms with van der Waals surface area (Å²) < 4.78 is 8.30. The zero-order valence-corrected chi connectivity index (χ0v) is 19.5. The molecule has 33 heavy (non-hydrogen) atoms. The first-order chi connectivity index (χ1) is 16.0. The van der Waals surface area contributed by atoms with Gasteiger partial charge in [0.2, 0.25) is 0 Å². The van der Waals surface area contributed by atoms with Crippen molar-refractivity contribution in [2.75, 3.05) is 6.61 Å². The number of para-hydroxylation sites is 3. The molecule has 4 rings (SSSR count). The van der Waals surface area contributed by atoms with Crippen molar-refractivity contribution >= 4 is 16.9 Å². The van der Waals surface area contributed by atoms with E-state index < -0.39 is 0 Å². The van der Waals surface area contributed by atoms with Gasteiger partial charge in [-0.3, -0.25) is 4.79 Å². The molecule has 1 N–H and O–H groups in total. The number of aryl methyl sites for hydroxylation is 2. The number of imidazole rings is 1. The molecular formula is C28H31N3O2. The average molecular weight is 442 g/mol. The Labute approximate surface area is 195 Å². The predicted octanol–water partition coefficient (Wildman–Crippen LogP) is 5.87. The summed E-state index contributed by atoms with van der Waals surface area (Å²) in [5.74, 6) is 2.13. The highest BCUT2D eigenvalue weighted by Crippen LogP contribution is 2.26. The predicted molar refractivity (Wildman–Crippen MR) is 133 cm³/mol. The molecule has 1 amide bonds. The van der Waals surface area contributed by atoms with Gasteiger partial charge in [0.15, 0.2) is 0 Å². The second kappa shape index (κ2) is 10.3. The summed E-state index contributed by atoms with van der Waals surface area (Å²) in [7, 11) is 0. The van der Waals surface area contributed by atoms with Crippen LogP contribution in [-0.2, 0) is 13.1 Å². The van der Waals surface area contributed by atoms with E-state index in [1.165, 1.54) is 5.56 Å². The van der Waals surface area contributed by atoms with Crippen LogP contribution in [0, 0.1) is 6.92 Å². The van der Waals surface area contributed by atoms with Crippen LogP contribution in [0.3, 0.4) is 0 Å². The average Bonchev–Trinajstić information content (AvgIpc) is 3.18. The third-order valence-corrected chi connectivity index (χ3v) is 5.75. The van der Waals surface area contributed by atoms with Crippen LogP contribution < -0.4 is 10.1 Å². The molecule has 0 bridgehead atoms. The number of fused-ring (bicyclic) bond motifs is 1. The number of ether oxygens (including phenoxy) is 1. The lowest BCUT2D eigenvalue weighted by Crippen LogP contribution is -2.25. The summed E-state index contributed by atoms with van der Waals surface area (Å²) in [4.78, 5) is 17.4. The molecule has 3 aromatic carbocycles. The van der Waals surface area contributed by atoms with Gasteiger partial charge < -0.3 is 14.6 Å². The summed E-state index contributed by atoms with van der Waals surface area (Å²) in [5, 5.41) is 3.03. The highest BCUT2D eigenvalue weighted by molar-refractivity contribution is 5.94. The van der Waals surface area contributed by atoms with Crippen molar-refractivity contribution < 1.29 is 9.53 Å². The van der Waals surface area contributed by atoms with Crippen LogP contribution in [-0.4, -0.2) is 22.1 Å². The van der Waals surface area contributed by atoms with Crippen LogP contribution in [0.5, 0.6) is 5.75 Å². The molecule has 0 fully saturated rings. The molecular weight excluding hydrogens is 410 g/mol. The van der Waals surface area contributed by atoms with Crippen LogP contribution in [0.25, 0.3) is 11.0 Å². The van der Waals surface area contributed by atoms with Crippen LogP contribution in [0.1, 0.15) is 53.5 Å². The van der Waals surface area contributed by atoms with Gasteiger partial charge in [-0.2, -0.15) is 0 Å². The molecule has 5 heteroatoms. The number of rotatable bonds is 9. The second-order valence-electron chi connectivity index (χ2n) is 8.62. The Hall–Kier alpha value is -3.60. The number of nitrogens with one attached hydrogen (secondary N) is 1. The topological polar surface area (TPSA) is 56.2 Å². The van der Waals surface area contributed by atoms with Gasteiger partial charge in [0, 0.05) is 12.1 Å². The molecule has 0 radical (unpaired) electrons. The molecule has 4 aromatic rings. The van der Waals surface area contributed by atoms with E-state index in [0.29, 0.717) is 24.6 Å². The van der Waals surface area contributed by atoms with Crippen molar-refractivity contribution in [3.05, 3.63) is 95.3 Å². The Bertz CT molecular complexity index is 1240. The van der Waals surface area contributed by atoms with Gasteiger partial charge in [0.1, 0.15) is 11.6 Å². The summed E-state index contributed by atoms with van der Waals surface area (Å²) in [6.07, 6.45) is 0.839. The highest BCUT2D eigenvalue weighted by atomic mass is 16.5. The summed E-state index contributed by atoms with van der Waals surface area (Å²) in [6, 6.07) is 23.9. The van der Waals surface area contributed by atoms with E-state index in [9.17, 15) is 4.79 Å². The quantitative estimate of drug-likeness (QED) is 0.331. The minimum atomic E-state index is -0.0917. The normalized spacial score (nSPS) is 11.2. The van der Waals surface area contributed by atoms with Crippen molar-refractivity contribution in [1.29, 1.82) is 0 Å². The Morgan fingerprint density at radius 2 is 1.82 bits per heavy atom. The lowest BCUT2D eigenvalue weighted by molar-refractivity contribution is 0.0949. The van der Waals surface area contributed by atoms with Gasteiger partial charge in [-0.05, 0) is 55.2 Å². The lowest BCUT2D eigenvalue weighted by Gasteiger charge is -2.15. The smallest absolute Gasteiger partial charge is 0.251 e. The SMILES string of the molecule is Cc1cccc(C(=O)NCc2nc3ccccc3n2CCCOc2ccccc2C(C)C)c1. The van der Waals surface area contributed by atoms with E-state index in [-0.39, 0.29) is 5.91 Å². The largest absolute Gasteiger partial charge is 0.493 e. The highest BCUT2D eigenvalue weighted by Gasteiger charge is 2.13. The first kappa shape index (κ1) is 22.6. The number of nitrogens with zero attached hydrogens (tertiary/aromatic N) is 2. The van der Waals surface area contributed by atoms with E-state index in [4.69, 9.17) is 9.72 Å². The third-order valence-electron chi connectivity index (χ3n) is 5.75. The van der Waals surface area contributed by atoms with Crippen molar-refractivity contribution in [2.45, 2.75) is 46.2 Å². The maximum absolute atomic E-state index is 12.6. The zero-order chi connectivity index (χ0) is 23.2. The summed E-state index contributed by atoms with van der Waals surface area (Å²) in [6.45, 7) is 8.09. The third kappa shape index (κ3) is 5.43. The fourth-order valence-electron chi connectivity index (χ4n) is 4.05. The maximum Gasteiger partial charge on any atom is 0.251 e. The minimum absolute atomic E-state index is 0.0917. The van der Waals surface area contributed by atoms with E-state index in [0.717, 1.165) is 41.1 Å². The van der Waals surface area contributed by atoms with E-state index in [1.54, 1.807) is 0 Å². The number of amides is 1. The van der Waals surface area contributed by atoms with Crippen LogP contribution in [0.15, 0.2) is 72.8 Å². The second-order valence-corrected chi connectivity index (χ2v) is 8.62. The molecule has 0 unspecified atom stereocenters. The maximum atomic E-state index is 12.6. The molecule has 0 aliphatic carbocycles. The number of hydrogen-bond donors (Lipinski definition) is 1. The Morgan fingerprint density at radius 1 is 1.03 bits per heavy atom. The minimum Gasteiger partial charge on any atom is -0.493 e. The molecule has 1 aromatic heterocycles. The first-order valence-corrected chi connectivity index (χ1v) is 11.5. The van der Waals surface area contributed by atoms with Crippen LogP contribution in [0.4, 0.5) is 0 Å². The van der Waals surface area contributed by atoms with Gasteiger partial charge in [-0.1, -0.05) is 61.9 Å². The molecule has 0 aliphatic rings. The van der Waals surface area contributed by atoms with Crippen LogP contribution in [0.2, 0.25) is 0 Å². The van der Waals surface area contributed by atoms with Gasteiger partial charge in [0.25, 0.3) is 5.91 Å². The van der Waals surface area contributed by atoms with Crippen LogP contribution >= 0.6 is 0 Å². The lowest BCUT2D eigenvalue weighted by atomic mass is 10.0. The number of carbonyl (C=O) groups is 1. The van der Waals surface area contributed by atoms with E-state index in [1.807, 2.05) is 61.5 Å². The van der Waals surface area contributed by atoms with Gasteiger partial charge >= 0.3 is 0 Å². The number of aromatic nitrogens is 2. The standard InChI is InChI=1S/C28H31N3O2/c1-20(2)23-12-4-7-15-26(23)33-17-9-16-31-25-14-6-5-13-24(25)30-27(31)19-29-28(32)22-11-8-10-21(3)18-22/h4-8,10-15,18,20H,9,16-17,19H2,1-3H3,(H,29,32). The number of hydrogen-bond acceptors (Lipinski definition) is 3. The Morgan fingerprint density at radius 3 is 2.64 bits per heavy atom. The molecule has 0 saturated carbocycles. The first-order valence-electron chi connectivity index (χ1n) is 11.5. The number of carbonyl (C=O) groups excluding carboxylic acids is 1.